The highest BCUT2D eigenvalue weighted by atomic mass is 35.5. The molecule has 2 heterocycles. The van der Waals surface area contributed by atoms with E-state index in [1.165, 1.54) is 0 Å². The molecule has 0 radical (unpaired) electrons. The van der Waals surface area contributed by atoms with Gasteiger partial charge in [0.1, 0.15) is 0 Å². The molecule has 0 bridgehead atoms. The molecule has 2 fully saturated rings. The molecule has 1 aromatic heterocycles. The van der Waals surface area contributed by atoms with Crippen LogP contribution in [0.3, 0.4) is 0 Å². The van der Waals surface area contributed by atoms with Gasteiger partial charge < -0.3 is 9.42 Å². The van der Waals surface area contributed by atoms with Crippen LogP contribution in [0.25, 0.3) is 0 Å². The summed E-state index contributed by atoms with van der Waals surface area (Å²) in [7, 11) is 0. The number of carbonyl (C=O) groups excluding carboxylic acids is 1. The van der Waals surface area contributed by atoms with Crippen LogP contribution < -0.4 is 0 Å². The second-order valence-electron chi connectivity index (χ2n) is 6.88. The van der Waals surface area contributed by atoms with Crippen molar-refractivity contribution in [3.8, 4) is 6.07 Å². The molecule has 0 N–H and O–H groups in total. The van der Waals surface area contributed by atoms with Crippen molar-refractivity contribution in [1.82, 2.24) is 15.0 Å². The van der Waals surface area contributed by atoms with Gasteiger partial charge in [0.2, 0.25) is 5.89 Å². The van der Waals surface area contributed by atoms with Crippen LogP contribution in [0, 0.1) is 24.2 Å². The third-order valence-electron chi connectivity index (χ3n) is 5.44. The fraction of sp³-hybridized carbons (Fsp3) is 0.444. The van der Waals surface area contributed by atoms with E-state index in [9.17, 15) is 4.79 Å². The molecule has 1 saturated heterocycles. The first kappa shape index (κ1) is 16.1. The first-order valence-electron chi connectivity index (χ1n) is 8.33. The van der Waals surface area contributed by atoms with E-state index in [1.54, 1.807) is 25.1 Å². The Morgan fingerprint density at radius 2 is 2.36 bits per heavy atom. The van der Waals surface area contributed by atoms with Crippen molar-refractivity contribution in [2.24, 2.45) is 5.92 Å². The van der Waals surface area contributed by atoms with E-state index < -0.39 is 0 Å². The van der Waals surface area contributed by atoms with Crippen molar-refractivity contribution in [3.63, 3.8) is 0 Å². The molecule has 2 aromatic rings. The smallest absolute Gasteiger partial charge is 0.255 e. The number of nitrogens with zero attached hydrogens (tertiary/aromatic N) is 4. The van der Waals surface area contributed by atoms with Crippen molar-refractivity contribution in [3.05, 3.63) is 46.1 Å². The van der Waals surface area contributed by atoms with Crippen molar-refractivity contribution in [1.29, 1.82) is 5.26 Å². The van der Waals surface area contributed by atoms with Crippen LogP contribution in [0.2, 0.25) is 5.02 Å². The average molecular weight is 357 g/mol. The summed E-state index contributed by atoms with van der Waals surface area (Å²) in [6.45, 7) is 3.00. The zero-order valence-electron chi connectivity index (χ0n) is 13.8. The number of aromatic nitrogens is 2. The van der Waals surface area contributed by atoms with Gasteiger partial charge in [0, 0.05) is 13.1 Å². The molecule has 25 heavy (non-hydrogen) atoms. The van der Waals surface area contributed by atoms with Gasteiger partial charge in [-0.15, -0.1) is 0 Å². The Morgan fingerprint density at radius 3 is 3.08 bits per heavy atom. The third kappa shape index (κ3) is 2.50. The van der Waals surface area contributed by atoms with Gasteiger partial charge in [-0.1, -0.05) is 23.2 Å². The van der Waals surface area contributed by atoms with E-state index in [1.807, 2.05) is 4.90 Å². The molecule has 7 heteroatoms. The number of hydrogen-bond acceptors (Lipinski definition) is 5. The molecule has 6 nitrogen and oxygen atoms in total. The van der Waals surface area contributed by atoms with Gasteiger partial charge >= 0.3 is 0 Å². The molecule has 0 unspecified atom stereocenters. The Morgan fingerprint density at radius 1 is 1.52 bits per heavy atom. The highest BCUT2D eigenvalue weighted by Gasteiger charge is 2.55. The number of aryl methyl sites for hydroxylation is 1. The van der Waals surface area contributed by atoms with Gasteiger partial charge in [-0.25, -0.2) is 0 Å². The zero-order valence-corrected chi connectivity index (χ0v) is 14.6. The summed E-state index contributed by atoms with van der Waals surface area (Å²) in [6.07, 6.45) is 3.07. The number of carbonyl (C=O) groups is 1. The number of benzene rings is 1. The van der Waals surface area contributed by atoms with Crippen molar-refractivity contribution in [2.75, 3.05) is 13.1 Å². The summed E-state index contributed by atoms with van der Waals surface area (Å²) in [5.41, 5.74) is 0.544. The van der Waals surface area contributed by atoms with Crippen LogP contribution in [0.5, 0.6) is 0 Å². The Kier molecular flexibility index (Phi) is 3.77. The van der Waals surface area contributed by atoms with Gasteiger partial charge in [0.15, 0.2) is 5.82 Å². The quantitative estimate of drug-likeness (QED) is 0.825. The monoisotopic (exact) mass is 356 g/mol. The maximum Gasteiger partial charge on any atom is 0.255 e. The minimum absolute atomic E-state index is 0.146. The van der Waals surface area contributed by atoms with Gasteiger partial charge in [-0.2, -0.15) is 10.2 Å². The molecular weight excluding hydrogens is 340 g/mol. The van der Waals surface area contributed by atoms with Crippen LogP contribution in [0.1, 0.15) is 46.9 Å². The lowest BCUT2D eigenvalue weighted by molar-refractivity contribution is 0.0775. The lowest BCUT2D eigenvalue weighted by atomic mass is 9.80. The minimum atomic E-state index is -0.254. The minimum Gasteiger partial charge on any atom is -0.339 e. The second kappa shape index (κ2) is 5.85. The Bertz CT molecular complexity index is 887. The number of amides is 1. The Balaban J connectivity index is 1.66. The zero-order chi connectivity index (χ0) is 17.6. The van der Waals surface area contributed by atoms with E-state index >= 15 is 0 Å². The summed E-state index contributed by atoms with van der Waals surface area (Å²) in [5, 5.41) is 13.4. The predicted molar refractivity (Wildman–Crippen MR) is 90.1 cm³/mol. The van der Waals surface area contributed by atoms with Crippen LogP contribution in [0.15, 0.2) is 22.7 Å². The van der Waals surface area contributed by atoms with Gasteiger partial charge in [-0.3, -0.25) is 4.79 Å². The van der Waals surface area contributed by atoms with Gasteiger partial charge in [-0.05, 0) is 43.9 Å². The molecule has 1 aliphatic heterocycles. The van der Waals surface area contributed by atoms with E-state index in [0.29, 0.717) is 46.9 Å². The Hall–Kier alpha value is -2.39. The van der Waals surface area contributed by atoms with Crippen LogP contribution in [-0.4, -0.2) is 34.0 Å². The highest BCUT2D eigenvalue weighted by molar-refractivity contribution is 6.33. The van der Waals surface area contributed by atoms with Crippen molar-refractivity contribution >= 4 is 17.5 Å². The van der Waals surface area contributed by atoms with E-state index in [4.69, 9.17) is 21.4 Å². The first-order chi connectivity index (χ1) is 12.0. The predicted octanol–water partition coefficient (Wildman–Crippen LogP) is 3.10. The molecule has 4 rings (SSSR count). The van der Waals surface area contributed by atoms with Crippen LogP contribution in [0.4, 0.5) is 0 Å². The number of rotatable bonds is 2. The van der Waals surface area contributed by atoms with Crippen LogP contribution >= 0.6 is 11.6 Å². The number of halogens is 1. The summed E-state index contributed by atoms with van der Waals surface area (Å²) in [5.74, 6) is 1.42. The molecule has 1 aliphatic carbocycles. The SMILES string of the molecule is Cc1noc([C@]23CCC[C@H]2CN(C(=O)c2cc(C#N)ccc2Cl)C3)n1. The largest absolute Gasteiger partial charge is 0.339 e. The molecule has 2 aliphatic rings. The number of nitriles is 1. The molecule has 1 saturated carbocycles. The molecule has 0 spiro atoms. The fourth-order valence-electron chi connectivity index (χ4n) is 4.22. The number of likely N-dealkylation sites (tertiary alicyclic amines) is 1. The van der Waals surface area contributed by atoms with Crippen molar-refractivity contribution in [2.45, 2.75) is 31.6 Å². The van der Waals surface area contributed by atoms with Gasteiger partial charge in [0.25, 0.3) is 5.91 Å². The topological polar surface area (TPSA) is 83.0 Å². The normalized spacial score (nSPS) is 25.0. The lowest BCUT2D eigenvalue weighted by Gasteiger charge is -2.24. The summed E-state index contributed by atoms with van der Waals surface area (Å²) < 4.78 is 5.48. The lowest BCUT2D eigenvalue weighted by Crippen LogP contribution is -2.35. The van der Waals surface area contributed by atoms with Crippen molar-refractivity contribution < 1.29 is 9.32 Å². The van der Waals surface area contributed by atoms with E-state index in [-0.39, 0.29) is 11.3 Å². The fourth-order valence-corrected chi connectivity index (χ4v) is 4.42. The first-order valence-corrected chi connectivity index (χ1v) is 8.71. The average Bonchev–Trinajstić information content (AvgIpc) is 3.28. The summed E-state index contributed by atoms with van der Waals surface area (Å²) in [4.78, 5) is 19.3. The summed E-state index contributed by atoms with van der Waals surface area (Å²) >= 11 is 6.20. The Labute approximate surface area is 150 Å². The maximum absolute atomic E-state index is 13.0. The van der Waals surface area contributed by atoms with Crippen LogP contribution in [-0.2, 0) is 5.41 Å². The highest BCUT2D eigenvalue weighted by Crippen LogP contribution is 2.50. The number of fused-ring (bicyclic) bond motifs is 1. The second-order valence-corrected chi connectivity index (χ2v) is 7.29. The maximum atomic E-state index is 13.0. The molecule has 1 amide bonds. The standard InChI is InChI=1S/C18H17ClN4O2/c1-11-21-17(25-22-11)18-6-2-3-13(18)9-23(10-18)16(24)14-7-12(8-20)4-5-15(14)19/h4-5,7,13H,2-3,6,9-10H2,1H3/t13-,18-/m0/s1. The number of hydrogen-bond donors (Lipinski definition) is 0. The third-order valence-corrected chi connectivity index (χ3v) is 5.77. The molecule has 1 aromatic carbocycles. The molecule has 128 valence electrons. The molecule has 2 atom stereocenters. The van der Waals surface area contributed by atoms with E-state index in [0.717, 1.165) is 19.3 Å². The van der Waals surface area contributed by atoms with E-state index in [2.05, 4.69) is 16.2 Å². The molecular formula is C18H17ClN4O2. The summed E-state index contributed by atoms with van der Waals surface area (Å²) in [6, 6.07) is 6.82. The van der Waals surface area contributed by atoms with Gasteiger partial charge in [0.05, 0.1) is 27.6 Å².